The highest BCUT2D eigenvalue weighted by atomic mass is 35.5. The third-order valence-electron chi connectivity index (χ3n) is 3.72. The number of amides is 1. The van der Waals surface area contributed by atoms with E-state index in [-0.39, 0.29) is 11.8 Å². The quantitative estimate of drug-likeness (QED) is 0.894. The molecule has 0 aliphatic carbocycles. The molecule has 1 aromatic rings. The molecule has 1 aromatic carbocycles. The largest absolute Gasteiger partial charge is 0.386 e. The van der Waals surface area contributed by atoms with E-state index in [2.05, 4.69) is 0 Å². The van der Waals surface area contributed by atoms with E-state index in [1.54, 1.807) is 17.0 Å². The lowest BCUT2D eigenvalue weighted by molar-refractivity contribution is -0.110. The first-order valence-corrected chi connectivity index (χ1v) is 6.49. The van der Waals surface area contributed by atoms with Crippen LogP contribution in [-0.2, 0) is 0 Å². The first kappa shape index (κ1) is 13.4. The predicted octanol–water partition coefficient (Wildman–Crippen LogP) is 2.49. The number of rotatable bonds is 2. The molecule has 0 spiro atoms. The van der Waals surface area contributed by atoms with Crippen LogP contribution >= 0.6 is 11.6 Å². The van der Waals surface area contributed by atoms with Crippen molar-refractivity contribution in [2.24, 2.45) is 5.92 Å². The van der Waals surface area contributed by atoms with Gasteiger partial charge in [0.2, 0.25) is 0 Å². The average molecular weight is 268 g/mol. The minimum absolute atomic E-state index is 0.0553. The Kier molecular flexibility index (Phi) is 3.39. The van der Waals surface area contributed by atoms with E-state index in [4.69, 9.17) is 11.6 Å². The lowest BCUT2D eigenvalue weighted by Gasteiger charge is -2.49. The third-order valence-corrected chi connectivity index (χ3v) is 3.96. The van der Waals surface area contributed by atoms with Crippen LogP contribution in [0.15, 0.2) is 18.2 Å². The van der Waals surface area contributed by atoms with E-state index < -0.39 is 5.60 Å². The van der Waals surface area contributed by atoms with Gasteiger partial charge in [-0.25, -0.2) is 0 Å². The van der Waals surface area contributed by atoms with Crippen LogP contribution in [-0.4, -0.2) is 34.6 Å². The molecular weight excluding hydrogens is 250 g/mol. The number of β-amino-alcohol motifs (C(OH)–C–C–N with tert-alkyl or cyclic N) is 1. The van der Waals surface area contributed by atoms with Crippen molar-refractivity contribution in [1.29, 1.82) is 0 Å². The summed E-state index contributed by atoms with van der Waals surface area (Å²) in [5.74, 6) is 0.0994. The van der Waals surface area contributed by atoms with Gasteiger partial charge in [0.1, 0.15) is 5.60 Å². The smallest absolute Gasteiger partial charge is 0.254 e. The Morgan fingerprint density at radius 1 is 1.44 bits per heavy atom. The summed E-state index contributed by atoms with van der Waals surface area (Å²) in [6.45, 7) is 6.61. The van der Waals surface area contributed by atoms with Gasteiger partial charge in [-0.1, -0.05) is 31.5 Å². The number of benzene rings is 1. The summed E-state index contributed by atoms with van der Waals surface area (Å²) in [4.78, 5) is 13.9. The molecule has 1 N–H and O–H groups in total. The summed E-state index contributed by atoms with van der Waals surface area (Å²) in [7, 11) is 0. The van der Waals surface area contributed by atoms with Crippen molar-refractivity contribution in [2.75, 3.05) is 13.1 Å². The Hall–Kier alpha value is -1.06. The van der Waals surface area contributed by atoms with Gasteiger partial charge in [0, 0.05) is 10.6 Å². The molecular formula is C14H18ClNO2. The van der Waals surface area contributed by atoms with Crippen LogP contribution < -0.4 is 0 Å². The van der Waals surface area contributed by atoms with Gasteiger partial charge in [-0.3, -0.25) is 4.79 Å². The van der Waals surface area contributed by atoms with Crippen molar-refractivity contribution in [3.63, 3.8) is 0 Å². The Bertz CT molecular complexity index is 479. The zero-order chi connectivity index (χ0) is 13.5. The molecule has 1 aliphatic heterocycles. The molecule has 0 unspecified atom stereocenters. The average Bonchev–Trinajstić information content (AvgIpc) is 2.27. The van der Waals surface area contributed by atoms with Gasteiger partial charge in [-0.2, -0.15) is 0 Å². The summed E-state index contributed by atoms with van der Waals surface area (Å²) in [5.41, 5.74) is 0.792. The molecule has 0 saturated carbocycles. The van der Waals surface area contributed by atoms with Gasteiger partial charge in [-0.05, 0) is 30.5 Å². The summed E-state index contributed by atoms with van der Waals surface area (Å²) < 4.78 is 0. The number of nitrogens with zero attached hydrogens (tertiary/aromatic N) is 1. The van der Waals surface area contributed by atoms with E-state index in [0.29, 0.717) is 23.7 Å². The molecule has 1 amide bonds. The Labute approximate surface area is 112 Å². The zero-order valence-corrected chi connectivity index (χ0v) is 11.7. The second-order valence-corrected chi connectivity index (χ2v) is 5.82. The van der Waals surface area contributed by atoms with Crippen LogP contribution in [0.3, 0.4) is 0 Å². The number of halogens is 1. The zero-order valence-electron chi connectivity index (χ0n) is 10.9. The summed E-state index contributed by atoms with van der Waals surface area (Å²) >= 11 is 5.91. The van der Waals surface area contributed by atoms with E-state index in [1.165, 1.54) is 0 Å². The Balaban J connectivity index is 2.13. The van der Waals surface area contributed by atoms with E-state index in [1.807, 2.05) is 26.8 Å². The molecule has 0 radical (unpaired) electrons. The topological polar surface area (TPSA) is 40.5 Å². The third kappa shape index (κ3) is 2.25. The van der Waals surface area contributed by atoms with E-state index in [0.717, 1.165) is 5.56 Å². The first-order chi connectivity index (χ1) is 8.33. The highest BCUT2D eigenvalue weighted by molar-refractivity contribution is 6.31. The number of hydrogen-bond acceptors (Lipinski definition) is 2. The number of likely N-dealkylation sites (tertiary alicyclic amines) is 1. The van der Waals surface area contributed by atoms with Gasteiger partial charge in [0.15, 0.2) is 0 Å². The minimum Gasteiger partial charge on any atom is -0.386 e. The fourth-order valence-corrected chi connectivity index (χ4v) is 2.29. The fourth-order valence-electron chi connectivity index (χ4n) is 2.12. The van der Waals surface area contributed by atoms with Gasteiger partial charge < -0.3 is 10.0 Å². The van der Waals surface area contributed by atoms with Crippen molar-refractivity contribution in [2.45, 2.75) is 26.4 Å². The van der Waals surface area contributed by atoms with Crippen molar-refractivity contribution in [3.8, 4) is 0 Å². The standard InChI is InChI=1S/C14H18ClNO2/c1-9(2)14(18)7-16(8-14)13(17)12-6-11(15)5-4-10(12)3/h4-6,9,18H,7-8H2,1-3H3. The molecule has 98 valence electrons. The number of carbonyl (C=O) groups is 1. The van der Waals surface area contributed by atoms with Crippen molar-refractivity contribution >= 4 is 17.5 Å². The molecule has 0 aromatic heterocycles. The molecule has 3 nitrogen and oxygen atoms in total. The molecule has 0 bridgehead atoms. The lowest BCUT2D eigenvalue weighted by atomic mass is 9.82. The van der Waals surface area contributed by atoms with E-state index in [9.17, 15) is 9.90 Å². The second-order valence-electron chi connectivity index (χ2n) is 5.38. The molecule has 1 saturated heterocycles. The number of carbonyl (C=O) groups excluding carboxylic acids is 1. The molecule has 1 aliphatic rings. The van der Waals surface area contributed by atoms with Crippen LogP contribution in [0.4, 0.5) is 0 Å². The highest BCUT2D eigenvalue weighted by Gasteiger charge is 2.46. The summed E-state index contributed by atoms with van der Waals surface area (Å²) in [6.07, 6.45) is 0. The van der Waals surface area contributed by atoms with Crippen LogP contribution in [0, 0.1) is 12.8 Å². The molecule has 18 heavy (non-hydrogen) atoms. The van der Waals surface area contributed by atoms with Crippen molar-refractivity contribution in [1.82, 2.24) is 4.90 Å². The number of aliphatic hydroxyl groups is 1. The minimum atomic E-state index is -0.734. The maximum Gasteiger partial charge on any atom is 0.254 e. The van der Waals surface area contributed by atoms with Crippen LogP contribution in [0.25, 0.3) is 0 Å². The normalized spacial score (nSPS) is 17.8. The Morgan fingerprint density at radius 2 is 2.06 bits per heavy atom. The molecule has 1 fully saturated rings. The predicted molar refractivity (Wildman–Crippen MR) is 71.9 cm³/mol. The van der Waals surface area contributed by atoms with Crippen molar-refractivity contribution in [3.05, 3.63) is 34.3 Å². The molecule has 1 heterocycles. The molecule has 2 rings (SSSR count). The fraction of sp³-hybridized carbons (Fsp3) is 0.500. The second kappa shape index (κ2) is 4.56. The SMILES string of the molecule is Cc1ccc(Cl)cc1C(=O)N1CC(O)(C(C)C)C1. The maximum absolute atomic E-state index is 12.3. The van der Waals surface area contributed by atoms with Crippen molar-refractivity contribution < 1.29 is 9.90 Å². The summed E-state index contributed by atoms with van der Waals surface area (Å²) in [5, 5.41) is 10.7. The number of hydrogen-bond donors (Lipinski definition) is 1. The summed E-state index contributed by atoms with van der Waals surface area (Å²) in [6, 6.07) is 5.30. The highest BCUT2D eigenvalue weighted by Crippen LogP contribution is 2.30. The van der Waals surface area contributed by atoms with Gasteiger partial charge in [0.25, 0.3) is 5.91 Å². The molecule has 4 heteroatoms. The van der Waals surface area contributed by atoms with Gasteiger partial charge >= 0.3 is 0 Å². The van der Waals surface area contributed by atoms with Crippen LogP contribution in [0.2, 0.25) is 5.02 Å². The lowest BCUT2D eigenvalue weighted by Crippen LogP contribution is -2.66. The Morgan fingerprint density at radius 3 is 2.61 bits per heavy atom. The monoisotopic (exact) mass is 267 g/mol. The van der Waals surface area contributed by atoms with Crippen LogP contribution in [0.5, 0.6) is 0 Å². The maximum atomic E-state index is 12.3. The number of aryl methyl sites for hydroxylation is 1. The van der Waals surface area contributed by atoms with Crippen LogP contribution in [0.1, 0.15) is 29.8 Å². The van der Waals surface area contributed by atoms with Gasteiger partial charge in [0.05, 0.1) is 13.1 Å². The molecule has 0 atom stereocenters. The van der Waals surface area contributed by atoms with Gasteiger partial charge in [-0.15, -0.1) is 0 Å². The van der Waals surface area contributed by atoms with E-state index >= 15 is 0 Å². The first-order valence-electron chi connectivity index (χ1n) is 6.11.